The lowest BCUT2D eigenvalue weighted by Crippen LogP contribution is -2.26. The van der Waals surface area contributed by atoms with Crippen LogP contribution in [0.4, 0.5) is 0 Å². The minimum absolute atomic E-state index is 0.245. The van der Waals surface area contributed by atoms with Gasteiger partial charge in [0.1, 0.15) is 17.1 Å². The van der Waals surface area contributed by atoms with Crippen LogP contribution < -0.4 is 10.2 Å². The molecule has 0 saturated carbocycles. The van der Waals surface area contributed by atoms with E-state index in [2.05, 4.69) is 4.98 Å². The van der Waals surface area contributed by atoms with Gasteiger partial charge in [-0.3, -0.25) is 20.4 Å². The van der Waals surface area contributed by atoms with Crippen LogP contribution in [0.25, 0.3) is 22.0 Å². The van der Waals surface area contributed by atoms with Gasteiger partial charge in [-0.15, -0.1) is 0 Å². The van der Waals surface area contributed by atoms with E-state index in [1.165, 1.54) is 0 Å². The highest BCUT2D eigenvalue weighted by atomic mass is 16.5. The zero-order chi connectivity index (χ0) is 18.8. The van der Waals surface area contributed by atoms with Crippen molar-refractivity contribution in [3.8, 4) is 16.9 Å². The molecule has 2 aromatic carbocycles. The van der Waals surface area contributed by atoms with Crippen molar-refractivity contribution in [1.82, 2.24) is 9.55 Å². The van der Waals surface area contributed by atoms with E-state index in [0.29, 0.717) is 0 Å². The van der Waals surface area contributed by atoms with Gasteiger partial charge in [-0.05, 0) is 47.5 Å². The Bertz CT molecular complexity index is 1190. The van der Waals surface area contributed by atoms with Gasteiger partial charge in [0, 0.05) is 23.3 Å². The average Bonchev–Trinajstić information content (AvgIpc) is 2.73. The number of benzene rings is 2. The van der Waals surface area contributed by atoms with Crippen LogP contribution in [0.15, 0.2) is 79.1 Å². The summed E-state index contributed by atoms with van der Waals surface area (Å²) >= 11 is 0. The molecule has 2 N–H and O–H groups in total. The maximum atomic E-state index is 8.62. The van der Waals surface area contributed by atoms with E-state index in [1.807, 2.05) is 60.7 Å². The Morgan fingerprint density at radius 2 is 1.74 bits per heavy atom. The molecule has 2 heterocycles. The number of fused-ring (bicyclic) bond motifs is 1. The Kier molecular flexibility index (Phi) is 4.26. The van der Waals surface area contributed by atoms with Crippen molar-refractivity contribution in [2.75, 3.05) is 7.11 Å². The number of para-hydroxylation sites is 1. The number of aromatic nitrogens is 2. The molecule has 5 heteroatoms. The van der Waals surface area contributed by atoms with E-state index in [9.17, 15) is 0 Å². The molecule has 0 fully saturated rings. The SMILES string of the molecule is COc1ccc(-c2ccn(C(=N)c3ccnc4ccccc34)c(=N)c2)cc1. The molecule has 4 rings (SSSR count). The Morgan fingerprint density at radius 1 is 0.963 bits per heavy atom. The van der Waals surface area contributed by atoms with Gasteiger partial charge in [-0.25, -0.2) is 0 Å². The first-order valence-electron chi connectivity index (χ1n) is 8.52. The predicted molar refractivity (Wildman–Crippen MR) is 106 cm³/mol. The number of hydrogen-bond donors (Lipinski definition) is 2. The van der Waals surface area contributed by atoms with Crippen LogP contribution in [-0.2, 0) is 0 Å². The number of hydrogen-bond acceptors (Lipinski definition) is 4. The average molecular weight is 354 g/mol. The van der Waals surface area contributed by atoms with E-state index in [1.54, 1.807) is 30.1 Å². The van der Waals surface area contributed by atoms with Crippen LogP contribution in [0, 0.1) is 10.8 Å². The first-order chi connectivity index (χ1) is 13.2. The number of pyridine rings is 2. The summed E-state index contributed by atoms with van der Waals surface area (Å²) in [5, 5.41) is 17.9. The number of nitrogens with zero attached hydrogens (tertiary/aromatic N) is 2. The fourth-order valence-electron chi connectivity index (χ4n) is 3.09. The van der Waals surface area contributed by atoms with Crippen LogP contribution in [0.3, 0.4) is 0 Å². The molecule has 0 aliphatic heterocycles. The Morgan fingerprint density at radius 3 is 2.48 bits per heavy atom. The molecule has 4 aromatic rings. The number of ether oxygens (including phenoxy) is 1. The summed E-state index contributed by atoms with van der Waals surface area (Å²) in [6.45, 7) is 0. The molecule has 0 aliphatic carbocycles. The lowest BCUT2D eigenvalue weighted by Gasteiger charge is -2.12. The van der Waals surface area contributed by atoms with Gasteiger partial charge in [0.15, 0.2) is 0 Å². The van der Waals surface area contributed by atoms with Crippen LogP contribution >= 0.6 is 0 Å². The maximum Gasteiger partial charge on any atom is 0.138 e. The highest BCUT2D eigenvalue weighted by Gasteiger charge is 2.10. The Balaban J connectivity index is 1.74. The summed E-state index contributed by atoms with van der Waals surface area (Å²) < 4.78 is 6.75. The predicted octanol–water partition coefficient (Wildman–Crippen LogP) is 4.07. The van der Waals surface area contributed by atoms with E-state index in [-0.39, 0.29) is 11.3 Å². The molecule has 0 atom stereocenters. The third kappa shape index (κ3) is 3.11. The van der Waals surface area contributed by atoms with E-state index in [4.69, 9.17) is 15.6 Å². The first-order valence-corrected chi connectivity index (χ1v) is 8.52. The van der Waals surface area contributed by atoms with Crippen molar-refractivity contribution >= 4 is 16.7 Å². The molecular formula is C22H18N4O. The largest absolute Gasteiger partial charge is 0.497 e. The molecule has 0 saturated heterocycles. The highest BCUT2D eigenvalue weighted by molar-refractivity contribution is 6.08. The van der Waals surface area contributed by atoms with Crippen molar-refractivity contribution in [1.29, 1.82) is 10.8 Å². The molecule has 132 valence electrons. The van der Waals surface area contributed by atoms with Crippen molar-refractivity contribution in [3.63, 3.8) is 0 Å². The number of rotatable bonds is 3. The van der Waals surface area contributed by atoms with Gasteiger partial charge in [0.25, 0.3) is 0 Å². The van der Waals surface area contributed by atoms with Crippen molar-refractivity contribution in [2.45, 2.75) is 0 Å². The monoisotopic (exact) mass is 354 g/mol. The lowest BCUT2D eigenvalue weighted by molar-refractivity contribution is 0.415. The topological polar surface area (TPSA) is 74.8 Å². The summed E-state index contributed by atoms with van der Waals surface area (Å²) in [5.74, 6) is 1.04. The van der Waals surface area contributed by atoms with Gasteiger partial charge in [0.2, 0.25) is 0 Å². The van der Waals surface area contributed by atoms with Gasteiger partial charge < -0.3 is 4.74 Å². The van der Waals surface area contributed by atoms with Gasteiger partial charge in [-0.2, -0.15) is 0 Å². The Labute approximate surface area is 156 Å². The highest BCUT2D eigenvalue weighted by Crippen LogP contribution is 2.21. The second-order valence-electron chi connectivity index (χ2n) is 6.12. The molecule has 0 radical (unpaired) electrons. The summed E-state index contributed by atoms with van der Waals surface area (Å²) in [7, 11) is 1.64. The molecule has 2 aromatic heterocycles. The van der Waals surface area contributed by atoms with Crippen LogP contribution in [0.2, 0.25) is 0 Å². The second kappa shape index (κ2) is 6.88. The molecule has 0 spiro atoms. The molecular weight excluding hydrogens is 336 g/mol. The minimum Gasteiger partial charge on any atom is -0.497 e. The zero-order valence-corrected chi connectivity index (χ0v) is 14.8. The summed E-state index contributed by atoms with van der Waals surface area (Å²) in [6.07, 6.45) is 3.46. The summed E-state index contributed by atoms with van der Waals surface area (Å²) in [6, 6.07) is 20.9. The van der Waals surface area contributed by atoms with Gasteiger partial charge in [0.05, 0.1) is 12.6 Å². The second-order valence-corrected chi connectivity index (χ2v) is 6.12. The van der Waals surface area contributed by atoms with Crippen LogP contribution in [0.5, 0.6) is 5.75 Å². The van der Waals surface area contributed by atoms with Crippen LogP contribution in [-0.4, -0.2) is 22.5 Å². The zero-order valence-electron chi connectivity index (χ0n) is 14.8. The summed E-state index contributed by atoms with van der Waals surface area (Å²) in [5.41, 5.74) is 3.75. The van der Waals surface area contributed by atoms with Gasteiger partial charge in [-0.1, -0.05) is 30.3 Å². The number of methoxy groups -OCH3 is 1. The summed E-state index contributed by atoms with van der Waals surface area (Å²) in [4.78, 5) is 4.35. The number of nitrogens with one attached hydrogen (secondary N) is 2. The van der Waals surface area contributed by atoms with E-state index in [0.717, 1.165) is 33.3 Å². The molecule has 0 amide bonds. The first kappa shape index (κ1) is 16.7. The normalized spacial score (nSPS) is 10.7. The molecule has 5 nitrogen and oxygen atoms in total. The van der Waals surface area contributed by atoms with Crippen molar-refractivity contribution in [3.05, 3.63) is 90.2 Å². The van der Waals surface area contributed by atoms with Crippen molar-refractivity contribution < 1.29 is 4.74 Å². The Hall–Kier alpha value is -3.73. The molecule has 0 bridgehead atoms. The van der Waals surface area contributed by atoms with Crippen LogP contribution in [0.1, 0.15) is 5.56 Å². The fourth-order valence-corrected chi connectivity index (χ4v) is 3.09. The molecule has 0 aliphatic rings. The standard InChI is InChI=1S/C22H18N4O/c1-27-17-8-6-15(7-9-17)16-11-13-26(21(23)14-16)22(24)19-10-12-25-20-5-3-2-4-18(19)20/h2-14,23-24H,1H3. The molecule has 0 unspecified atom stereocenters. The fraction of sp³-hybridized carbons (Fsp3) is 0.0455. The van der Waals surface area contributed by atoms with Crippen molar-refractivity contribution in [2.24, 2.45) is 0 Å². The molecule has 27 heavy (non-hydrogen) atoms. The van der Waals surface area contributed by atoms with E-state index >= 15 is 0 Å². The third-order valence-corrected chi connectivity index (χ3v) is 4.52. The maximum absolute atomic E-state index is 8.62. The third-order valence-electron chi connectivity index (χ3n) is 4.52. The quantitative estimate of drug-likeness (QED) is 0.430. The minimum atomic E-state index is 0.245. The van der Waals surface area contributed by atoms with E-state index < -0.39 is 0 Å². The smallest absolute Gasteiger partial charge is 0.138 e. The lowest BCUT2D eigenvalue weighted by atomic mass is 10.1. The van der Waals surface area contributed by atoms with Gasteiger partial charge >= 0.3 is 0 Å².